The van der Waals surface area contributed by atoms with E-state index in [4.69, 9.17) is 20.1 Å². The fourth-order valence-electron chi connectivity index (χ4n) is 4.39. The second-order valence-electron chi connectivity index (χ2n) is 9.89. The molecule has 9 nitrogen and oxygen atoms in total. The Hall–Kier alpha value is -4.06. The normalized spacial score (nSPS) is 12.6. The monoisotopic (exact) mass is 505 g/mol. The fraction of sp³-hybridized carbons (Fsp3) is 0.429. The molecule has 2 aromatic rings. The first-order valence-corrected chi connectivity index (χ1v) is 12.2. The lowest BCUT2D eigenvalue weighted by molar-refractivity contribution is -0.119. The zero-order valence-corrected chi connectivity index (χ0v) is 22.4. The average molecular weight is 506 g/mol. The summed E-state index contributed by atoms with van der Waals surface area (Å²) in [5.74, 6) is 1.16. The van der Waals surface area contributed by atoms with Crippen molar-refractivity contribution in [3.63, 3.8) is 0 Å². The molecule has 9 heteroatoms. The van der Waals surface area contributed by atoms with Crippen LogP contribution in [0.3, 0.4) is 0 Å². The molecular formula is C28H35N5O4. The van der Waals surface area contributed by atoms with Crippen molar-refractivity contribution in [1.29, 1.82) is 10.7 Å². The molecule has 0 aliphatic carbocycles. The number of anilines is 1. The predicted octanol–water partition coefficient (Wildman–Crippen LogP) is 3.64. The molecule has 3 N–H and O–H groups in total. The Balaban J connectivity index is 1.92. The molecule has 0 spiro atoms. The van der Waals surface area contributed by atoms with Gasteiger partial charge in [-0.3, -0.25) is 15.0 Å². The van der Waals surface area contributed by atoms with Crippen molar-refractivity contribution in [2.75, 3.05) is 39.2 Å². The molecule has 0 saturated carbocycles. The van der Waals surface area contributed by atoms with Gasteiger partial charge >= 0.3 is 0 Å². The second-order valence-corrected chi connectivity index (χ2v) is 9.89. The Bertz CT molecular complexity index is 1260. The van der Waals surface area contributed by atoms with Crippen molar-refractivity contribution < 1.29 is 19.1 Å². The lowest BCUT2D eigenvalue weighted by atomic mass is 9.84. The van der Waals surface area contributed by atoms with Gasteiger partial charge < -0.3 is 25.0 Å². The summed E-state index contributed by atoms with van der Waals surface area (Å²) in [5, 5.41) is 23.5. The molecule has 3 rings (SSSR count). The number of likely N-dealkylation sites (N-methyl/N-ethyl adjacent to an activating group) is 1. The molecular weight excluding hydrogens is 470 g/mol. The quantitative estimate of drug-likeness (QED) is 0.332. The van der Waals surface area contributed by atoms with Gasteiger partial charge in [-0.25, -0.2) is 0 Å². The van der Waals surface area contributed by atoms with Crippen LogP contribution in [0.5, 0.6) is 11.5 Å². The molecule has 37 heavy (non-hydrogen) atoms. The maximum Gasteiger partial charge on any atom is 0.224 e. The van der Waals surface area contributed by atoms with E-state index in [1.54, 1.807) is 25.1 Å². The first kappa shape index (κ1) is 27.5. The summed E-state index contributed by atoms with van der Waals surface area (Å²) >= 11 is 0. The van der Waals surface area contributed by atoms with Crippen LogP contribution in [0.4, 0.5) is 5.69 Å². The van der Waals surface area contributed by atoms with E-state index in [9.17, 15) is 9.59 Å². The fourth-order valence-corrected chi connectivity index (χ4v) is 4.39. The summed E-state index contributed by atoms with van der Waals surface area (Å²) in [7, 11) is 3.15. The SMILES string of the molecule is CCOc1cc2c(cc1CC(=O)NC)C(=N)N(CC(=O)c1cc(NCC#N)c(OC)c(C(C)(C)C)c1)C2. The molecule has 0 atom stereocenters. The molecule has 0 bridgehead atoms. The van der Waals surface area contributed by atoms with Gasteiger partial charge in [-0.05, 0) is 42.2 Å². The Morgan fingerprint density at radius 3 is 2.54 bits per heavy atom. The van der Waals surface area contributed by atoms with Gasteiger partial charge in [0, 0.05) is 35.8 Å². The molecule has 196 valence electrons. The van der Waals surface area contributed by atoms with Gasteiger partial charge in [0.15, 0.2) is 5.78 Å². The van der Waals surface area contributed by atoms with E-state index in [-0.39, 0.29) is 42.5 Å². The highest BCUT2D eigenvalue weighted by molar-refractivity contribution is 6.06. The van der Waals surface area contributed by atoms with Gasteiger partial charge in [-0.2, -0.15) is 5.26 Å². The van der Waals surface area contributed by atoms with Crippen LogP contribution < -0.4 is 20.1 Å². The Morgan fingerprint density at radius 2 is 1.95 bits per heavy atom. The van der Waals surface area contributed by atoms with Crippen LogP contribution in [-0.4, -0.2) is 56.3 Å². The number of hydrogen-bond acceptors (Lipinski definition) is 7. The Morgan fingerprint density at radius 1 is 1.22 bits per heavy atom. The number of nitrogens with zero attached hydrogens (tertiary/aromatic N) is 2. The van der Waals surface area contributed by atoms with E-state index in [2.05, 4.69) is 16.7 Å². The minimum Gasteiger partial charge on any atom is -0.494 e. The number of ether oxygens (including phenoxy) is 2. The van der Waals surface area contributed by atoms with Gasteiger partial charge in [0.2, 0.25) is 5.91 Å². The minimum atomic E-state index is -0.307. The highest BCUT2D eigenvalue weighted by atomic mass is 16.5. The molecule has 0 aromatic heterocycles. The van der Waals surface area contributed by atoms with E-state index in [1.807, 2.05) is 45.9 Å². The second kappa shape index (κ2) is 11.3. The number of benzene rings is 2. The van der Waals surface area contributed by atoms with Crippen molar-refractivity contribution in [2.45, 2.75) is 46.1 Å². The summed E-state index contributed by atoms with van der Waals surface area (Å²) < 4.78 is 11.4. The van der Waals surface area contributed by atoms with E-state index in [0.717, 1.165) is 11.1 Å². The van der Waals surface area contributed by atoms with Crippen LogP contribution in [0.1, 0.15) is 60.3 Å². The Kier molecular flexibility index (Phi) is 8.43. The summed E-state index contributed by atoms with van der Waals surface area (Å²) in [6, 6.07) is 9.28. The number of ketones is 1. The standard InChI is InChI=1S/C28H35N5O4/c1-7-37-24-13-19-15-33(27(30)20(19)10-18(24)14-25(35)31-5)16-23(34)17-11-21(28(2,3)4)26(36-6)22(12-17)32-9-8-29/h10-13,30,32H,7,9,14-16H2,1-6H3,(H,31,35). The van der Waals surface area contributed by atoms with Crippen molar-refractivity contribution in [3.8, 4) is 17.6 Å². The number of amides is 1. The van der Waals surface area contributed by atoms with Crippen LogP contribution >= 0.6 is 0 Å². The predicted molar refractivity (Wildman–Crippen MR) is 143 cm³/mol. The third kappa shape index (κ3) is 6.02. The van der Waals surface area contributed by atoms with Crippen molar-refractivity contribution in [2.24, 2.45) is 0 Å². The first-order valence-electron chi connectivity index (χ1n) is 12.2. The third-order valence-corrected chi connectivity index (χ3v) is 6.26. The minimum absolute atomic E-state index is 0.00978. The number of methoxy groups -OCH3 is 1. The third-order valence-electron chi connectivity index (χ3n) is 6.26. The molecule has 0 saturated heterocycles. The maximum absolute atomic E-state index is 13.5. The molecule has 0 fully saturated rings. The van der Waals surface area contributed by atoms with Gasteiger partial charge in [-0.1, -0.05) is 20.8 Å². The first-order chi connectivity index (χ1) is 17.5. The summed E-state index contributed by atoms with van der Waals surface area (Å²) in [6.45, 7) is 8.91. The molecule has 0 radical (unpaired) electrons. The maximum atomic E-state index is 13.5. The summed E-state index contributed by atoms with van der Waals surface area (Å²) in [4.78, 5) is 27.2. The summed E-state index contributed by atoms with van der Waals surface area (Å²) in [6.07, 6.45) is 0.144. The smallest absolute Gasteiger partial charge is 0.224 e. The lowest BCUT2D eigenvalue weighted by Gasteiger charge is -2.25. The number of carbonyl (C=O) groups is 2. The largest absolute Gasteiger partial charge is 0.494 e. The average Bonchev–Trinajstić information content (AvgIpc) is 3.15. The zero-order valence-electron chi connectivity index (χ0n) is 22.4. The van der Waals surface area contributed by atoms with Gasteiger partial charge in [0.25, 0.3) is 0 Å². The number of carbonyl (C=O) groups excluding carboxylic acids is 2. The molecule has 1 aliphatic heterocycles. The number of hydrogen-bond donors (Lipinski definition) is 3. The van der Waals surface area contributed by atoms with Crippen LogP contribution in [0.2, 0.25) is 0 Å². The van der Waals surface area contributed by atoms with E-state index in [0.29, 0.717) is 47.0 Å². The van der Waals surface area contributed by atoms with E-state index >= 15 is 0 Å². The topological polar surface area (TPSA) is 128 Å². The van der Waals surface area contributed by atoms with Crippen LogP contribution in [0.25, 0.3) is 0 Å². The Labute approximate surface area is 218 Å². The molecule has 1 heterocycles. The highest BCUT2D eigenvalue weighted by Crippen LogP contribution is 2.39. The zero-order chi connectivity index (χ0) is 27.3. The van der Waals surface area contributed by atoms with Gasteiger partial charge in [0.1, 0.15) is 23.9 Å². The molecule has 1 aliphatic rings. The number of nitriles is 1. The highest BCUT2D eigenvalue weighted by Gasteiger charge is 2.30. The lowest BCUT2D eigenvalue weighted by Crippen LogP contribution is -2.30. The van der Waals surface area contributed by atoms with Crippen molar-refractivity contribution in [3.05, 3.63) is 52.1 Å². The number of nitrogens with one attached hydrogen (secondary N) is 3. The number of fused-ring (bicyclic) bond motifs is 1. The molecule has 2 aromatic carbocycles. The molecule has 1 amide bonds. The van der Waals surface area contributed by atoms with Gasteiger partial charge in [-0.15, -0.1) is 0 Å². The molecule has 0 unspecified atom stereocenters. The van der Waals surface area contributed by atoms with Crippen LogP contribution in [-0.2, 0) is 23.2 Å². The number of Topliss-reactive ketones (excluding diaryl/α,β-unsaturated/α-hetero) is 1. The van der Waals surface area contributed by atoms with E-state index in [1.165, 1.54) is 0 Å². The van der Waals surface area contributed by atoms with Gasteiger partial charge in [0.05, 0.1) is 38.4 Å². The number of rotatable bonds is 10. The van der Waals surface area contributed by atoms with Crippen molar-refractivity contribution >= 4 is 23.2 Å². The van der Waals surface area contributed by atoms with Crippen LogP contribution in [0, 0.1) is 16.7 Å². The summed E-state index contributed by atoms with van der Waals surface area (Å²) in [5.41, 5.74) is 3.88. The van der Waals surface area contributed by atoms with Crippen LogP contribution in [0.15, 0.2) is 24.3 Å². The van der Waals surface area contributed by atoms with E-state index < -0.39 is 0 Å². The van der Waals surface area contributed by atoms with Crippen molar-refractivity contribution in [1.82, 2.24) is 10.2 Å². The number of amidine groups is 1.